The monoisotopic (exact) mass is 270 g/mol. The lowest BCUT2D eigenvalue weighted by molar-refractivity contribution is -0.130. The Balaban J connectivity index is 2.27. The quantitative estimate of drug-likeness (QED) is 0.610. The number of ether oxygens (including phenoxy) is 1. The second kappa shape index (κ2) is 6.36. The van der Waals surface area contributed by atoms with Gasteiger partial charge < -0.3 is 9.64 Å². The Labute approximate surface area is 119 Å². The van der Waals surface area contributed by atoms with Gasteiger partial charge in [0.25, 0.3) is 5.91 Å². The maximum atomic E-state index is 12.3. The molecule has 1 aromatic carbocycles. The van der Waals surface area contributed by atoms with Gasteiger partial charge in [-0.15, -0.1) is 0 Å². The van der Waals surface area contributed by atoms with Crippen molar-refractivity contribution >= 4 is 12.0 Å². The maximum absolute atomic E-state index is 12.3. The highest BCUT2D eigenvalue weighted by molar-refractivity contribution is 6.01. The molecular formula is C16H18N2O2. The Morgan fingerprint density at radius 1 is 1.35 bits per heavy atom. The largest absolute Gasteiger partial charge is 0.378 e. The van der Waals surface area contributed by atoms with Crippen molar-refractivity contribution in [1.29, 1.82) is 5.26 Å². The van der Waals surface area contributed by atoms with E-state index in [1.54, 1.807) is 11.0 Å². The smallest absolute Gasteiger partial charge is 0.264 e. The molecular weight excluding hydrogens is 252 g/mol. The second-order valence-electron chi connectivity index (χ2n) is 4.93. The van der Waals surface area contributed by atoms with E-state index in [0.29, 0.717) is 26.3 Å². The first kappa shape index (κ1) is 14.3. The summed E-state index contributed by atoms with van der Waals surface area (Å²) in [6.45, 7) is 6.13. The van der Waals surface area contributed by atoms with Gasteiger partial charge in [0.2, 0.25) is 0 Å². The van der Waals surface area contributed by atoms with Crippen LogP contribution >= 0.6 is 0 Å². The molecule has 0 saturated carbocycles. The molecule has 0 aromatic heterocycles. The van der Waals surface area contributed by atoms with Crippen molar-refractivity contribution in [1.82, 2.24) is 4.90 Å². The fraction of sp³-hybridized carbons (Fsp3) is 0.375. The van der Waals surface area contributed by atoms with Crippen LogP contribution < -0.4 is 0 Å². The minimum atomic E-state index is -0.211. The number of rotatable bonds is 2. The fourth-order valence-electron chi connectivity index (χ4n) is 2.15. The SMILES string of the molecule is Cc1ccc(C)c(/C=C(\C#N)C(=O)N2CCOCC2)c1. The number of carbonyl (C=O) groups is 1. The lowest BCUT2D eigenvalue weighted by Gasteiger charge is -2.26. The number of hydrogen-bond acceptors (Lipinski definition) is 3. The van der Waals surface area contributed by atoms with Crippen LogP contribution in [0.25, 0.3) is 6.08 Å². The summed E-state index contributed by atoms with van der Waals surface area (Å²) in [7, 11) is 0. The minimum absolute atomic E-state index is 0.181. The van der Waals surface area contributed by atoms with Gasteiger partial charge >= 0.3 is 0 Å². The molecule has 1 saturated heterocycles. The number of morpholine rings is 1. The van der Waals surface area contributed by atoms with Crippen molar-refractivity contribution in [3.8, 4) is 6.07 Å². The zero-order valence-corrected chi connectivity index (χ0v) is 11.8. The first-order valence-electron chi connectivity index (χ1n) is 6.68. The molecule has 1 aromatic rings. The Morgan fingerprint density at radius 2 is 2.05 bits per heavy atom. The maximum Gasteiger partial charge on any atom is 0.264 e. The molecule has 1 fully saturated rings. The number of hydrogen-bond donors (Lipinski definition) is 0. The lowest BCUT2D eigenvalue weighted by Crippen LogP contribution is -2.41. The van der Waals surface area contributed by atoms with Crippen molar-refractivity contribution < 1.29 is 9.53 Å². The molecule has 1 amide bonds. The van der Waals surface area contributed by atoms with Crippen LogP contribution in [0.4, 0.5) is 0 Å². The van der Waals surface area contributed by atoms with Gasteiger partial charge in [0.1, 0.15) is 11.6 Å². The summed E-state index contributed by atoms with van der Waals surface area (Å²) in [5.41, 5.74) is 3.26. The second-order valence-corrected chi connectivity index (χ2v) is 4.93. The van der Waals surface area contributed by atoms with Crippen LogP contribution in [0.15, 0.2) is 23.8 Å². The molecule has 1 aliphatic heterocycles. The van der Waals surface area contributed by atoms with Crippen LogP contribution in [0.2, 0.25) is 0 Å². The number of benzene rings is 1. The van der Waals surface area contributed by atoms with E-state index in [1.807, 2.05) is 38.1 Å². The van der Waals surface area contributed by atoms with E-state index in [0.717, 1.165) is 16.7 Å². The summed E-state index contributed by atoms with van der Waals surface area (Å²) in [5.74, 6) is -0.211. The van der Waals surface area contributed by atoms with E-state index in [4.69, 9.17) is 4.74 Å². The predicted molar refractivity (Wildman–Crippen MR) is 76.9 cm³/mol. The van der Waals surface area contributed by atoms with Gasteiger partial charge in [-0.3, -0.25) is 4.79 Å². The van der Waals surface area contributed by atoms with Gasteiger partial charge in [0.15, 0.2) is 0 Å². The summed E-state index contributed by atoms with van der Waals surface area (Å²) in [5, 5.41) is 9.25. The van der Waals surface area contributed by atoms with Crippen LogP contribution in [0.5, 0.6) is 0 Å². The zero-order chi connectivity index (χ0) is 14.5. The zero-order valence-electron chi connectivity index (χ0n) is 11.8. The first-order valence-corrected chi connectivity index (χ1v) is 6.68. The Morgan fingerprint density at radius 3 is 2.70 bits per heavy atom. The van der Waals surface area contributed by atoms with Crippen molar-refractivity contribution in [3.63, 3.8) is 0 Å². The molecule has 4 nitrogen and oxygen atoms in total. The van der Waals surface area contributed by atoms with Crippen LogP contribution in [0.3, 0.4) is 0 Å². The Hall–Kier alpha value is -2.12. The number of nitriles is 1. The summed E-state index contributed by atoms with van der Waals surface area (Å²) >= 11 is 0. The van der Waals surface area contributed by atoms with E-state index < -0.39 is 0 Å². The summed E-state index contributed by atoms with van der Waals surface area (Å²) < 4.78 is 5.22. The molecule has 104 valence electrons. The summed E-state index contributed by atoms with van der Waals surface area (Å²) in [4.78, 5) is 14.0. The molecule has 0 spiro atoms. The highest BCUT2D eigenvalue weighted by atomic mass is 16.5. The highest BCUT2D eigenvalue weighted by Gasteiger charge is 2.20. The van der Waals surface area contributed by atoms with Gasteiger partial charge in [-0.2, -0.15) is 5.26 Å². The Kier molecular flexibility index (Phi) is 4.54. The van der Waals surface area contributed by atoms with E-state index in [-0.39, 0.29) is 11.5 Å². The van der Waals surface area contributed by atoms with Crippen molar-refractivity contribution in [2.75, 3.05) is 26.3 Å². The van der Waals surface area contributed by atoms with Crippen LogP contribution in [-0.4, -0.2) is 37.1 Å². The van der Waals surface area contributed by atoms with E-state index in [9.17, 15) is 10.1 Å². The van der Waals surface area contributed by atoms with E-state index >= 15 is 0 Å². The minimum Gasteiger partial charge on any atom is -0.378 e. The molecule has 1 aliphatic rings. The third-order valence-electron chi connectivity index (χ3n) is 3.38. The van der Waals surface area contributed by atoms with Gasteiger partial charge in [-0.05, 0) is 31.1 Å². The standard InChI is InChI=1S/C16H18N2O2/c1-12-3-4-13(2)14(9-12)10-15(11-17)16(19)18-5-7-20-8-6-18/h3-4,9-10H,5-8H2,1-2H3/b15-10+. The van der Waals surface area contributed by atoms with Gasteiger partial charge in [-0.1, -0.05) is 23.8 Å². The number of nitrogens with zero attached hydrogens (tertiary/aromatic N) is 2. The predicted octanol–water partition coefficient (Wildman–Crippen LogP) is 2.07. The average Bonchev–Trinajstić information content (AvgIpc) is 2.48. The van der Waals surface area contributed by atoms with Gasteiger partial charge in [0.05, 0.1) is 13.2 Å². The molecule has 0 radical (unpaired) electrons. The normalized spacial score (nSPS) is 15.8. The lowest BCUT2D eigenvalue weighted by atomic mass is 10.0. The van der Waals surface area contributed by atoms with Crippen molar-refractivity contribution in [2.45, 2.75) is 13.8 Å². The van der Waals surface area contributed by atoms with Gasteiger partial charge in [0, 0.05) is 13.1 Å². The fourth-order valence-corrected chi connectivity index (χ4v) is 2.15. The third kappa shape index (κ3) is 3.25. The molecule has 0 atom stereocenters. The molecule has 2 rings (SSSR count). The van der Waals surface area contributed by atoms with Gasteiger partial charge in [-0.25, -0.2) is 0 Å². The summed E-state index contributed by atoms with van der Waals surface area (Å²) in [6, 6.07) is 8.02. The number of amides is 1. The first-order chi connectivity index (χ1) is 9.61. The molecule has 0 N–H and O–H groups in total. The topological polar surface area (TPSA) is 53.3 Å². The van der Waals surface area contributed by atoms with Crippen LogP contribution in [0, 0.1) is 25.2 Å². The molecule has 0 aliphatic carbocycles. The van der Waals surface area contributed by atoms with Crippen molar-refractivity contribution in [3.05, 3.63) is 40.5 Å². The highest BCUT2D eigenvalue weighted by Crippen LogP contribution is 2.16. The van der Waals surface area contributed by atoms with E-state index in [2.05, 4.69) is 0 Å². The van der Waals surface area contributed by atoms with Crippen LogP contribution in [-0.2, 0) is 9.53 Å². The summed E-state index contributed by atoms with van der Waals surface area (Å²) in [6.07, 6.45) is 1.68. The average molecular weight is 270 g/mol. The molecule has 1 heterocycles. The molecule has 4 heteroatoms. The molecule has 20 heavy (non-hydrogen) atoms. The molecule has 0 bridgehead atoms. The number of carbonyl (C=O) groups excluding carboxylic acids is 1. The van der Waals surface area contributed by atoms with E-state index in [1.165, 1.54) is 0 Å². The Bertz CT molecular complexity index is 579. The molecule has 0 unspecified atom stereocenters. The number of aryl methyl sites for hydroxylation is 2. The third-order valence-corrected chi connectivity index (χ3v) is 3.38. The van der Waals surface area contributed by atoms with Crippen LogP contribution in [0.1, 0.15) is 16.7 Å². The van der Waals surface area contributed by atoms with Crippen molar-refractivity contribution in [2.24, 2.45) is 0 Å².